The first kappa shape index (κ1) is 21.3. The Labute approximate surface area is 176 Å². The molecule has 0 amide bonds. The number of carbonyl (C=O) groups excluding carboxylic acids is 1. The van der Waals surface area contributed by atoms with Crippen LogP contribution in [-0.2, 0) is 9.47 Å². The van der Waals surface area contributed by atoms with Gasteiger partial charge < -0.3 is 44.8 Å². The van der Waals surface area contributed by atoms with Crippen molar-refractivity contribution in [1.82, 2.24) is 0 Å². The quantitative estimate of drug-likeness (QED) is 0.396. The molecule has 2 aromatic carbocycles. The molecule has 0 aromatic heterocycles. The molecule has 0 saturated carbocycles. The number of Topliss-reactive ketones (excluding diaryl/α,β-unsaturated/α-hetero) is 1. The number of ether oxygens (including phenoxy) is 3. The van der Waals surface area contributed by atoms with Gasteiger partial charge in [0.2, 0.25) is 5.78 Å². The average molecular weight is 434 g/mol. The van der Waals surface area contributed by atoms with E-state index in [2.05, 4.69) is 0 Å². The Morgan fingerprint density at radius 3 is 2.26 bits per heavy atom. The molecule has 0 unspecified atom stereocenters. The minimum absolute atomic E-state index is 0.0176. The van der Waals surface area contributed by atoms with Crippen LogP contribution in [-0.4, -0.2) is 73.2 Å². The van der Waals surface area contributed by atoms with Gasteiger partial charge in [-0.25, -0.2) is 0 Å². The lowest BCUT2D eigenvalue weighted by molar-refractivity contribution is -0.304. The fourth-order valence-electron chi connectivity index (χ4n) is 3.72. The van der Waals surface area contributed by atoms with Crippen molar-refractivity contribution in [3.63, 3.8) is 0 Å². The number of aliphatic hydroxyl groups is 3. The fraction of sp³-hybridized carbons (Fsp3) is 0.381. The van der Waals surface area contributed by atoms with Gasteiger partial charge in [0.05, 0.1) is 6.10 Å². The number of benzene rings is 2. The molecule has 6 N–H and O–H groups in total. The minimum Gasteiger partial charge on any atom is -0.508 e. The number of ketones is 1. The van der Waals surface area contributed by atoms with Gasteiger partial charge in [0.25, 0.3) is 0 Å². The maximum Gasteiger partial charge on any atom is 0.203 e. The molecule has 10 nitrogen and oxygen atoms in total. The van der Waals surface area contributed by atoms with Crippen LogP contribution >= 0.6 is 0 Å². The number of hydrogen-bond donors (Lipinski definition) is 6. The second kappa shape index (κ2) is 7.98. The van der Waals surface area contributed by atoms with E-state index < -0.39 is 54.4 Å². The summed E-state index contributed by atoms with van der Waals surface area (Å²) in [6.07, 6.45) is -9.49. The van der Waals surface area contributed by atoms with Gasteiger partial charge in [-0.3, -0.25) is 4.79 Å². The molecular formula is C21H22O10. The number of hydrogen-bond acceptors (Lipinski definition) is 10. The zero-order valence-corrected chi connectivity index (χ0v) is 16.3. The zero-order valence-electron chi connectivity index (χ0n) is 16.3. The summed E-state index contributed by atoms with van der Waals surface area (Å²) in [5.74, 6) is -1.64. The van der Waals surface area contributed by atoms with Crippen LogP contribution in [0, 0.1) is 0 Å². The van der Waals surface area contributed by atoms with Crippen molar-refractivity contribution in [2.45, 2.75) is 49.8 Å². The molecule has 2 aliphatic heterocycles. The number of aliphatic hydroxyl groups excluding tert-OH is 3. The molecule has 2 aliphatic rings. The topological polar surface area (TPSA) is 166 Å². The SMILES string of the molecule is C[C@@H]1O[C@@H](O[C@@H]2C(=O)c3c(O)cc(O)cc3O[C@H]2c2ccc(O)cc2)[C@@H](O)[C@@H](O)[C@@H]1O. The molecule has 4 rings (SSSR count). The minimum atomic E-state index is -1.66. The molecule has 7 atom stereocenters. The van der Waals surface area contributed by atoms with Gasteiger partial charge in [-0.2, -0.15) is 0 Å². The normalized spacial score (nSPS) is 32.9. The molecule has 0 radical (unpaired) electrons. The van der Waals surface area contributed by atoms with E-state index in [1.807, 2.05) is 0 Å². The Morgan fingerprint density at radius 2 is 1.58 bits per heavy atom. The summed E-state index contributed by atoms with van der Waals surface area (Å²) in [7, 11) is 0. The number of carbonyl (C=O) groups is 1. The third kappa shape index (κ3) is 3.80. The summed E-state index contributed by atoms with van der Waals surface area (Å²) >= 11 is 0. The lowest BCUT2D eigenvalue weighted by atomic mass is 9.92. The van der Waals surface area contributed by atoms with Gasteiger partial charge in [0.1, 0.15) is 46.9 Å². The predicted molar refractivity (Wildman–Crippen MR) is 103 cm³/mol. The van der Waals surface area contributed by atoms with E-state index in [4.69, 9.17) is 14.2 Å². The Morgan fingerprint density at radius 1 is 0.903 bits per heavy atom. The van der Waals surface area contributed by atoms with Crippen LogP contribution < -0.4 is 4.74 Å². The van der Waals surface area contributed by atoms with Gasteiger partial charge in [-0.1, -0.05) is 12.1 Å². The standard InChI is InChI=1S/C21H22O10/c1-8-15(25)17(27)18(28)21(29-8)31-20-16(26)14-12(24)6-11(23)7-13(14)30-19(20)9-2-4-10(22)5-3-9/h2-8,15,17-25,27-28H,1H3/t8-,15+,17-,18-,19-,20+,21-/m0/s1. The Kier molecular flexibility index (Phi) is 5.50. The number of phenolic OH excluding ortho intramolecular Hbond substituents is 3. The molecule has 2 aromatic rings. The number of rotatable bonds is 3. The van der Waals surface area contributed by atoms with E-state index >= 15 is 0 Å². The van der Waals surface area contributed by atoms with Crippen molar-refractivity contribution in [2.75, 3.05) is 0 Å². The molecule has 0 spiro atoms. The summed E-state index contributed by atoms with van der Waals surface area (Å²) in [5, 5.41) is 59.8. The number of aromatic hydroxyl groups is 3. The monoisotopic (exact) mass is 434 g/mol. The first-order chi connectivity index (χ1) is 14.7. The van der Waals surface area contributed by atoms with Crippen molar-refractivity contribution in [2.24, 2.45) is 0 Å². The van der Waals surface area contributed by atoms with E-state index in [0.717, 1.165) is 6.07 Å². The Bertz CT molecular complexity index is 975. The highest BCUT2D eigenvalue weighted by Gasteiger charge is 2.48. The van der Waals surface area contributed by atoms with E-state index in [1.165, 1.54) is 37.3 Å². The van der Waals surface area contributed by atoms with Crippen LogP contribution in [0.2, 0.25) is 0 Å². The third-order valence-corrected chi connectivity index (χ3v) is 5.41. The second-order valence-electron chi connectivity index (χ2n) is 7.57. The summed E-state index contributed by atoms with van der Waals surface area (Å²) in [6, 6.07) is 7.90. The van der Waals surface area contributed by atoms with Crippen LogP contribution in [0.4, 0.5) is 0 Å². The zero-order chi connectivity index (χ0) is 22.4. The van der Waals surface area contributed by atoms with E-state index in [9.17, 15) is 35.4 Å². The summed E-state index contributed by atoms with van der Waals surface area (Å²) in [6.45, 7) is 1.47. The van der Waals surface area contributed by atoms with Crippen molar-refractivity contribution in [1.29, 1.82) is 0 Å². The second-order valence-corrected chi connectivity index (χ2v) is 7.57. The van der Waals surface area contributed by atoms with Crippen LogP contribution in [0.15, 0.2) is 36.4 Å². The first-order valence-electron chi connectivity index (χ1n) is 9.58. The van der Waals surface area contributed by atoms with Crippen LogP contribution in [0.5, 0.6) is 23.0 Å². The largest absolute Gasteiger partial charge is 0.508 e. The lowest BCUT2D eigenvalue weighted by Crippen LogP contribution is -2.59. The van der Waals surface area contributed by atoms with Gasteiger partial charge >= 0.3 is 0 Å². The van der Waals surface area contributed by atoms with Gasteiger partial charge in [-0.05, 0) is 24.6 Å². The molecule has 0 bridgehead atoms. The van der Waals surface area contributed by atoms with E-state index in [0.29, 0.717) is 5.56 Å². The van der Waals surface area contributed by atoms with Crippen molar-refractivity contribution in [3.8, 4) is 23.0 Å². The highest BCUT2D eigenvalue weighted by Crippen LogP contribution is 2.43. The number of phenols is 3. The van der Waals surface area contributed by atoms with Gasteiger partial charge in [0, 0.05) is 12.1 Å². The highest BCUT2D eigenvalue weighted by atomic mass is 16.7. The van der Waals surface area contributed by atoms with Crippen LogP contribution in [0.3, 0.4) is 0 Å². The van der Waals surface area contributed by atoms with Crippen molar-refractivity contribution >= 4 is 5.78 Å². The highest BCUT2D eigenvalue weighted by molar-refractivity contribution is 6.05. The molecule has 1 fully saturated rings. The van der Waals surface area contributed by atoms with Gasteiger partial charge in [0.15, 0.2) is 18.5 Å². The van der Waals surface area contributed by atoms with Crippen LogP contribution in [0.1, 0.15) is 28.9 Å². The fourth-order valence-corrected chi connectivity index (χ4v) is 3.72. The molecule has 10 heteroatoms. The molecular weight excluding hydrogens is 412 g/mol. The van der Waals surface area contributed by atoms with Gasteiger partial charge in [-0.15, -0.1) is 0 Å². The smallest absolute Gasteiger partial charge is 0.203 e. The average Bonchev–Trinajstić information content (AvgIpc) is 2.72. The first-order valence-corrected chi connectivity index (χ1v) is 9.58. The Balaban J connectivity index is 1.73. The molecule has 31 heavy (non-hydrogen) atoms. The Hall–Kier alpha value is -2.89. The van der Waals surface area contributed by atoms with E-state index in [1.54, 1.807) is 0 Å². The third-order valence-electron chi connectivity index (χ3n) is 5.41. The maximum absolute atomic E-state index is 13.3. The molecule has 166 valence electrons. The molecule has 1 saturated heterocycles. The number of fused-ring (bicyclic) bond motifs is 1. The summed E-state index contributed by atoms with van der Waals surface area (Å²) in [5.41, 5.74) is 0.195. The van der Waals surface area contributed by atoms with Crippen LogP contribution in [0.25, 0.3) is 0 Å². The molecule has 2 heterocycles. The lowest BCUT2D eigenvalue weighted by Gasteiger charge is -2.42. The maximum atomic E-state index is 13.3. The summed E-state index contributed by atoms with van der Waals surface area (Å²) < 4.78 is 17.0. The van der Waals surface area contributed by atoms with Crippen molar-refractivity contribution < 1.29 is 49.6 Å². The summed E-state index contributed by atoms with van der Waals surface area (Å²) in [4.78, 5) is 13.3. The predicted octanol–water partition coefficient (Wildman–Crippen LogP) is 0.332. The van der Waals surface area contributed by atoms with Crippen molar-refractivity contribution in [3.05, 3.63) is 47.5 Å². The molecule has 0 aliphatic carbocycles. The van der Waals surface area contributed by atoms with E-state index in [-0.39, 0.29) is 22.8 Å².